The van der Waals surface area contributed by atoms with Crippen LogP contribution >= 0.6 is 7.82 Å². The molecular weight excluding hydrogens is 729 g/mol. The van der Waals surface area contributed by atoms with Gasteiger partial charge in [0, 0.05) is 26.3 Å². The number of nitrogens with two attached hydrogens (primary N) is 2. The van der Waals surface area contributed by atoms with Crippen LogP contribution in [0.25, 0.3) is 0 Å². The summed E-state index contributed by atoms with van der Waals surface area (Å²) in [7, 11) is -4.80. The number of amides is 7. The number of carbonyl (C=O) groups excluding carboxylic acids is 7. The van der Waals surface area contributed by atoms with Crippen molar-refractivity contribution in [2.45, 2.75) is 121 Å². The lowest BCUT2D eigenvalue weighted by Gasteiger charge is -2.33. The van der Waals surface area contributed by atoms with Crippen LogP contribution in [0.5, 0.6) is 5.75 Å². The molecule has 0 radical (unpaired) electrons. The van der Waals surface area contributed by atoms with Crippen molar-refractivity contribution in [3.05, 3.63) is 29.8 Å². The molecule has 1 aliphatic heterocycles. The smallest absolute Gasteiger partial charge is 0.404 e. The molecule has 1 saturated carbocycles. The van der Waals surface area contributed by atoms with E-state index in [1.54, 1.807) is 0 Å². The molecule has 0 bridgehead atoms. The molecule has 6 atom stereocenters. The zero-order chi connectivity index (χ0) is 40.2. The number of phosphoric acid groups is 1. The van der Waals surface area contributed by atoms with E-state index in [0.717, 1.165) is 32.1 Å². The van der Waals surface area contributed by atoms with Crippen molar-refractivity contribution in [2.75, 3.05) is 6.54 Å². The van der Waals surface area contributed by atoms with Crippen LogP contribution in [-0.4, -0.2) is 104 Å². The van der Waals surface area contributed by atoms with Crippen LogP contribution in [0.3, 0.4) is 0 Å². The summed E-state index contributed by atoms with van der Waals surface area (Å²) in [5, 5.41) is 20.2. The van der Waals surface area contributed by atoms with Crippen LogP contribution in [0, 0.1) is 5.92 Å². The summed E-state index contributed by atoms with van der Waals surface area (Å²) in [6.07, 6.45) is 3.56. The summed E-state index contributed by atoms with van der Waals surface area (Å²) < 4.78 is 15.8. The average Bonchev–Trinajstić information content (AvgIpc) is 3.58. The molecular formula is C34H52N7O12P. The number of carbonyl (C=O) groups is 7. The topological polar surface area (TPSA) is 310 Å². The van der Waals surface area contributed by atoms with Crippen LogP contribution < -0.4 is 37.3 Å². The third-order valence-corrected chi connectivity index (χ3v) is 9.88. The van der Waals surface area contributed by atoms with Crippen molar-refractivity contribution >= 4 is 49.2 Å². The van der Waals surface area contributed by atoms with E-state index in [4.69, 9.17) is 21.3 Å². The highest BCUT2D eigenvalue weighted by Crippen LogP contribution is 2.37. The molecule has 3 rings (SSSR count). The van der Waals surface area contributed by atoms with Crippen LogP contribution in [0.1, 0.15) is 83.6 Å². The summed E-state index contributed by atoms with van der Waals surface area (Å²) in [5.41, 5.74) is 11.1. The molecule has 1 saturated heterocycles. The van der Waals surface area contributed by atoms with E-state index in [-0.39, 0.29) is 50.3 Å². The molecule has 2 aliphatic rings. The number of nitrogens with zero attached hydrogens (tertiary/aromatic N) is 1. The molecule has 1 heterocycles. The van der Waals surface area contributed by atoms with E-state index >= 15 is 0 Å². The number of benzene rings is 1. The first-order chi connectivity index (χ1) is 25.3. The van der Waals surface area contributed by atoms with Gasteiger partial charge in [-0.05, 0) is 56.2 Å². The number of phosphoric ester groups is 1. The Bertz CT molecular complexity index is 1560. The third-order valence-electron chi connectivity index (χ3n) is 9.43. The third kappa shape index (κ3) is 14.0. The van der Waals surface area contributed by atoms with Crippen molar-refractivity contribution in [3.63, 3.8) is 0 Å². The van der Waals surface area contributed by atoms with E-state index in [1.165, 1.54) is 43.0 Å². The van der Waals surface area contributed by atoms with Gasteiger partial charge >= 0.3 is 7.82 Å². The summed E-state index contributed by atoms with van der Waals surface area (Å²) >= 11 is 0. The lowest BCUT2D eigenvalue weighted by Crippen LogP contribution is -2.60. The average molecular weight is 782 g/mol. The minimum Gasteiger partial charge on any atom is -0.404 e. The van der Waals surface area contributed by atoms with Gasteiger partial charge in [0.1, 0.15) is 36.0 Å². The predicted molar refractivity (Wildman–Crippen MR) is 191 cm³/mol. The number of aliphatic hydroxyl groups excluding tert-OH is 1. The monoisotopic (exact) mass is 781 g/mol. The second-order valence-electron chi connectivity index (χ2n) is 13.9. The molecule has 11 N–H and O–H groups in total. The molecule has 0 aromatic heterocycles. The first-order valence-electron chi connectivity index (χ1n) is 17.9. The Balaban J connectivity index is 1.83. The van der Waals surface area contributed by atoms with Crippen molar-refractivity contribution < 1.29 is 57.5 Å². The summed E-state index contributed by atoms with van der Waals surface area (Å²) in [4.78, 5) is 110. The van der Waals surface area contributed by atoms with E-state index in [2.05, 4.69) is 25.8 Å². The fraction of sp³-hybridized carbons (Fsp3) is 0.618. The van der Waals surface area contributed by atoms with Crippen LogP contribution in [0.2, 0.25) is 0 Å². The SMILES string of the molecule is CC(=O)N[C@@H](Cc1ccc(OP(=O)(O)O)cc1)C(=O)N[C@@H](CC1CCCCC1)C(=O)N1CCC[C@H]1C(=O)N[C@@H](CCC(N)=O)C(=O)N[C@H](C(N)=O)[C@@H](C)O. The number of rotatable bonds is 19. The summed E-state index contributed by atoms with van der Waals surface area (Å²) in [5.74, 6) is -5.14. The van der Waals surface area contributed by atoms with Gasteiger partial charge in [0.15, 0.2) is 0 Å². The zero-order valence-corrected chi connectivity index (χ0v) is 31.3. The number of nitrogens with one attached hydrogen (secondary N) is 4. The Kier molecular flexibility index (Phi) is 16.4. The second kappa shape index (κ2) is 20.2. The molecule has 7 amide bonds. The van der Waals surface area contributed by atoms with Crippen LogP contribution in [0.15, 0.2) is 24.3 Å². The van der Waals surface area contributed by atoms with Crippen molar-refractivity contribution in [1.82, 2.24) is 26.2 Å². The summed E-state index contributed by atoms with van der Waals surface area (Å²) in [6, 6.07) is -0.602. The van der Waals surface area contributed by atoms with Gasteiger partial charge in [0.25, 0.3) is 0 Å². The highest BCUT2D eigenvalue weighted by atomic mass is 31.2. The Morgan fingerprint density at radius 2 is 1.50 bits per heavy atom. The maximum absolute atomic E-state index is 14.3. The van der Waals surface area contributed by atoms with Gasteiger partial charge in [0.2, 0.25) is 41.4 Å². The van der Waals surface area contributed by atoms with Crippen molar-refractivity contribution in [2.24, 2.45) is 17.4 Å². The molecule has 20 heteroatoms. The molecule has 1 aliphatic carbocycles. The largest absolute Gasteiger partial charge is 0.524 e. The van der Waals surface area contributed by atoms with Gasteiger partial charge in [-0.1, -0.05) is 44.2 Å². The molecule has 54 heavy (non-hydrogen) atoms. The maximum Gasteiger partial charge on any atom is 0.524 e. The highest BCUT2D eigenvalue weighted by Gasteiger charge is 2.40. The van der Waals surface area contributed by atoms with Gasteiger partial charge in [-0.3, -0.25) is 43.3 Å². The maximum atomic E-state index is 14.3. The number of hydrogen-bond acceptors (Lipinski definition) is 10. The molecule has 1 aromatic carbocycles. The van der Waals surface area contributed by atoms with Gasteiger partial charge in [0.05, 0.1) is 6.10 Å². The highest BCUT2D eigenvalue weighted by molar-refractivity contribution is 7.46. The lowest BCUT2D eigenvalue weighted by molar-refractivity contribution is -0.143. The minimum absolute atomic E-state index is 0.0406. The van der Waals surface area contributed by atoms with Crippen LogP contribution in [-0.2, 0) is 44.5 Å². The van der Waals surface area contributed by atoms with E-state index in [1.807, 2.05) is 0 Å². The van der Waals surface area contributed by atoms with E-state index < -0.39 is 85.5 Å². The molecule has 0 spiro atoms. The molecule has 1 aromatic rings. The van der Waals surface area contributed by atoms with E-state index in [9.17, 15) is 43.2 Å². The fourth-order valence-electron chi connectivity index (χ4n) is 6.77. The Labute approximate surface area is 312 Å². The minimum atomic E-state index is -4.80. The number of likely N-dealkylation sites (tertiary alicyclic amines) is 1. The second-order valence-corrected chi connectivity index (χ2v) is 15.0. The molecule has 19 nitrogen and oxygen atoms in total. The van der Waals surface area contributed by atoms with Gasteiger partial charge < -0.3 is 47.3 Å². The van der Waals surface area contributed by atoms with E-state index in [0.29, 0.717) is 12.0 Å². The quantitative estimate of drug-likeness (QED) is 0.0745. The van der Waals surface area contributed by atoms with Crippen molar-refractivity contribution in [3.8, 4) is 5.75 Å². The molecule has 300 valence electrons. The van der Waals surface area contributed by atoms with Gasteiger partial charge in [-0.2, -0.15) is 0 Å². The molecule has 0 unspecified atom stereocenters. The standard InChI is InChI=1S/C34H52N7O12P/c1-19(42)29(30(36)45)40-31(46)24(14-15-28(35)44)38-33(48)27-9-6-16-41(27)34(49)26(18-21-7-4-3-5-8-21)39-32(47)25(37-20(2)43)17-22-10-12-23(13-11-22)53-54(50,51)52/h10-13,19,21,24-27,29,42H,3-9,14-18H2,1-2H3,(H2,35,44)(H2,36,45)(H,37,43)(H,38,48)(H,39,47)(H,40,46)(H2,50,51,52)/t19-,24+,25+,26+,27+,29+/m1/s1. The normalized spacial score (nSPS) is 19.0. The van der Waals surface area contributed by atoms with Gasteiger partial charge in [-0.25, -0.2) is 4.57 Å². The predicted octanol–water partition coefficient (Wildman–Crippen LogP) is -1.25. The Morgan fingerprint density at radius 3 is 2.06 bits per heavy atom. The Morgan fingerprint density at radius 1 is 0.870 bits per heavy atom. The fourth-order valence-corrected chi connectivity index (χ4v) is 7.17. The number of aliphatic hydroxyl groups is 1. The Hall–Kier alpha value is -4.58. The number of primary amides is 2. The summed E-state index contributed by atoms with van der Waals surface area (Å²) in [6.45, 7) is 2.63. The zero-order valence-electron chi connectivity index (χ0n) is 30.4. The van der Waals surface area contributed by atoms with Crippen LogP contribution in [0.4, 0.5) is 0 Å². The first-order valence-corrected chi connectivity index (χ1v) is 19.5. The first kappa shape index (κ1) is 43.8. The molecule has 2 fully saturated rings. The lowest BCUT2D eigenvalue weighted by atomic mass is 9.84. The van der Waals surface area contributed by atoms with Gasteiger partial charge in [-0.15, -0.1) is 0 Å². The number of hydrogen-bond donors (Lipinski definition) is 9. The van der Waals surface area contributed by atoms with Crippen molar-refractivity contribution in [1.29, 1.82) is 0 Å².